The number of quaternary nitrogens is 1. The quantitative estimate of drug-likeness (QED) is 0.0159. The van der Waals surface area contributed by atoms with Crippen LogP contribution in [0.4, 0.5) is 0 Å². The van der Waals surface area contributed by atoms with Crippen molar-refractivity contribution in [3.8, 4) is 0 Å². The predicted molar refractivity (Wildman–Crippen MR) is 260 cm³/mol. The maximum atomic E-state index is 12.7. The third-order valence-electron chi connectivity index (χ3n) is 9.08. The Morgan fingerprint density at radius 1 is 0.603 bits per heavy atom. The smallest absolute Gasteiger partial charge is 0.306 e. The van der Waals surface area contributed by atoms with Gasteiger partial charge in [0.05, 0.1) is 33.9 Å². The highest BCUT2D eigenvalue weighted by Crippen LogP contribution is 2.38. The number of hydrogen-bond donors (Lipinski definition) is 1. The highest BCUT2D eigenvalue weighted by Gasteiger charge is 2.22. The van der Waals surface area contributed by atoms with E-state index >= 15 is 0 Å². The van der Waals surface area contributed by atoms with Crippen molar-refractivity contribution in [2.45, 2.75) is 148 Å². The molecule has 11 heteroatoms. The van der Waals surface area contributed by atoms with E-state index in [2.05, 4.69) is 111 Å². The Labute approximate surface area is 382 Å². The third kappa shape index (κ3) is 46.2. The highest BCUT2D eigenvalue weighted by atomic mass is 31.2. The second-order valence-electron chi connectivity index (χ2n) is 16.2. The van der Waals surface area contributed by atoms with Gasteiger partial charge in [0, 0.05) is 12.8 Å². The number of hydrogen-bond acceptors (Lipinski definition) is 9. The molecule has 0 aromatic carbocycles. The molecular weight excluding hydrogens is 814 g/mol. The van der Waals surface area contributed by atoms with Gasteiger partial charge in [-0.1, -0.05) is 155 Å². The van der Waals surface area contributed by atoms with Crippen molar-refractivity contribution in [2.75, 3.05) is 47.5 Å². The van der Waals surface area contributed by atoms with E-state index < -0.39 is 38.6 Å². The van der Waals surface area contributed by atoms with Gasteiger partial charge in [-0.05, 0) is 89.9 Å². The van der Waals surface area contributed by atoms with E-state index in [9.17, 15) is 24.2 Å². The number of carbonyl (C=O) groups excluding carboxylic acids is 2. The van der Waals surface area contributed by atoms with Gasteiger partial charge in [-0.2, -0.15) is 0 Å². The summed E-state index contributed by atoms with van der Waals surface area (Å²) in [6, 6.07) is 0. The minimum absolute atomic E-state index is 0.0860. The van der Waals surface area contributed by atoms with E-state index in [0.717, 1.165) is 70.6 Å². The number of phosphoric ester groups is 1. The van der Waals surface area contributed by atoms with Crippen molar-refractivity contribution in [1.29, 1.82) is 0 Å². The minimum Gasteiger partial charge on any atom is -0.756 e. The molecule has 0 aliphatic heterocycles. The first kappa shape index (κ1) is 59.4. The van der Waals surface area contributed by atoms with E-state index in [1.165, 1.54) is 25.7 Å². The Bertz CT molecular complexity index is 1500. The van der Waals surface area contributed by atoms with Crippen LogP contribution < -0.4 is 4.89 Å². The molecule has 0 radical (unpaired) electrons. The standard InChI is InChI=1S/C52H84NO9P/c1-6-8-10-12-14-16-18-20-22-24-25-26-28-30-32-34-36-38-40-42-51(55)59-47-50(48-61-63(57,58)60-46-45-53(3,4)5)62-52(56)44-43-49(54)41-39-37-35-33-31-29-27-23-21-19-17-15-13-11-9-7-2/h9,11,14-17,20-23,25-26,29-32,35,37,39,41,49-50,54H,6-8,10,12-13,18-19,24,27-28,33-34,36,38,40,42-48H2,1-5H3/b11-9-,16-14-,17-15-,22-20-,23-21-,26-25-,31-29-,32-30-,37-35-,41-39-/t49?,50-/m1/s1. The van der Waals surface area contributed by atoms with Gasteiger partial charge in [-0.15, -0.1) is 0 Å². The first-order valence-electron chi connectivity index (χ1n) is 23.4. The molecule has 0 aliphatic rings. The second-order valence-corrected chi connectivity index (χ2v) is 17.6. The summed E-state index contributed by atoms with van der Waals surface area (Å²) in [6.07, 6.45) is 55.6. The summed E-state index contributed by atoms with van der Waals surface area (Å²) < 4.78 is 33.7. The lowest BCUT2D eigenvalue weighted by Crippen LogP contribution is -2.37. The highest BCUT2D eigenvalue weighted by molar-refractivity contribution is 7.45. The zero-order valence-electron chi connectivity index (χ0n) is 39.6. The number of ether oxygens (including phenoxy) is 2. The molecule has 1 N–H and O–H groups in total. The third-order valence-corrected chi connectivity index (χ3v) is 10.0. The van der Waals surface area contributed by atoms with Gasteiger partial charge in [-0.25, -0.2) is 0 Å². The van der Waals surface area contributed by atoms with Crippen LogP contribution in [0.1, 0.15) is 136 Å². The maximum absolute atomic E-state index is 12.7. The Kier molecular flexibility index (Phi) is 39.9. The molecule has 0 bridgehead atoms. The molecule has 0 amide bonds. The van der Waals surface area contributed by atoms with Crippen LogP contribution in [0.3, 0.4) is 0 Å². The van der Waals surface area contributed by atoms with Gasteiger partial charge in [-0.3, -0.25) is 14.2 Å². The Balaban J connectivity index is 4.65. The zero-order valence-corrected chi connectivity index (χ0v) is 40.5. The van der Waals surface area contributed by atoms with Crippen molar-refractivity contribution < 1.29 is 47.2 Å². The van der Waals surface area contributed by atoms with Crippen LogP contribution in [0.25, 0.3) is 0 Å². The average Bonchev–Trinajstić information content (AvgIpc) is 3.24. The largest absolute Gasteiger partial charge is 0.756 e. The fourth-order valence-electron chi connectivity index (χ4n) is 5.39. The van der Waals surface area contributed by atoms with Crippen LogP contribution in [0.2, 0.25) is 0 Å². The van der Waals surface area contributed by atoms with Crippen LogP contribution in [-0.2, 0) is 32.7 Å². The number of likely N-dealkylation sites (N-methyl/N-ethyl adjacent to an activating group) is 1. The minimum atomic E-state index is -4.71. The first-order valence-corrected chi connectivity index (χ1v) is 24.8. The summed E-state index contributed by atoms with van der Waals surface area (Å²) in [6.45, 7) is 3.73. The monoisotopic (exact) mass is 898 g/mol. The van der Waals surface area contributed by atoms with Gasteiger partial charge in [0.25, 0.3) is 7.82 Å². The zero-order chi connectivity index (χ0) is 46.5. The molecule has 0 aromatic heterocycles. The number of esters is 2. The van der Waals surface area contributed by atoms with Crippen molar-refractivity contribution in [2.24, 2.45) is 0 Å². The average molecular weight is 898 g/mol. The molecule has 10 nitrogen and oxygen atoms in total. The van der Waals surface area contributed by atoms with Crippen LogP contribution in [-0.4, -0.2) is 81.2 Å². The lowest BCUT2D eigenvalue weighted by atomic mass is 10.1. The SMILES string of the molecule is CC/C=C\C/C=C\C/C=C\C/C=C\C/C=C\C=C/C(O)CCC(=O)O[C@H](COC(=O)CCCCC/C=C\C/C=C\C/C=C\C/C=C\CCCCC)COP(=O)([O-])OCC[N+](C)(C)C. The van der Waals surface area contributed by atoms with Gasteiger partial charge < -0.3 is 33.0 Å². The van der Waals surface area contributed by atoms with Gasteiger partial charge in [0.15, 0.2) is 6.10 Å². The predicted octanol–water partition coefficient (Wildman–Crippen LogP) is 12.0. The Morgan fingerprint density at radius 3 is 1.63 bits per heavy atom. The molecular formula is C52H84NO9P. The molecule has 0 aromatic rings. The molecule has 63 heavy (non-hydrogen) atoms. The maximum Gasteiger partial charge on any atom is 0.306 e. The van der Waals surface area contributed by atoms with E-state index in [1.807, 2.05) is 33.3 Å². The summed E-state index contributed by atoms with van der Waals surface area (Å²) in [5.41, 5.74) is 0. The van der Waals surface area contributed by atoms with E-state index in [-0.39, 0.29) is 32.5 Å². The Hall–Kier alpha value is -3.63. The number of carbonyl (C=O) groups is 2. The molecule has 0 saturated heterocycles. The fraction of sp³-hybridized carbons (Fsp3) is 0.577. The summed E-state index contributed by atoms with van der Waals surface area (Å²) >= 11 is 0. The van der Waals surface area contributed by atoms with Crippen LogP contribution in [0.5, 0.6) is 0 Å². The van der Waals surface area contributed by atoms with Crippen molar-refractivity contribution in [3.05, 3.63) is 122 Å². The molecule has 0 fully saturated rings. The summed E-state index contributed by atoms with van der Waals surface area (Å²) in [4.78, 5) is 37.6. The van der Waals surface area contributed by atoms with Crippen molar-refractivity contribution in [3.63, 3.8) is 0 Å². The molecule has 0 saturated carbocycles. The van der Waals surface area contributed by atoms with E-state index in [0.29, 0.717) is 17.4 Å². The Morgan fingerprint density at radius 2 is 1.11 bits per heavy atom. The lowest BCUT2D eigenvalue weighted by Gasteiger charge is -2.28. The number of phosphoric acid groups is 1. The number of rotatable bonds is 40. The molecule has 2 unspecified atom stereocenters. The fourth-order valence-corrected chi connectivity index (χ4v) is 6.12. The number of unbranched alkanes of at least 4 members (excludes halogenated alkanes) is 6. The summed E-state index contributed by atoms with van der Waals surface area (Å²) in [5.74, 6) is -1.17. The molecule has 0 spiro atoms. The summed E-state index contributed by atoms with van der Waals surface area (Å²) in [7, 11) is 0.980. The number of allylic oxidation sites excluding steroid dienone is 19. The van der Waals surface area contributed by atoms with Crippen molar-refractivity contribution in [1.82, 2.24) is 0 Å². The number of aliphatic hydroxyl groups is 1. The van der Waals surface area contributed by atoms with Crippen LogP contribution in [0.15, 0.2) is 122 Å². The summed E-state index contributed by atoms with van der Waals surface area (Å²) in [5, 5.41) is 10.4. The number of aliphatic hydroxyl groups excluding tert-OH is 1. The number of nitrogens with zero attached hydrogens (tertiary/aromatic N) is 1. The van der Waals surface area contributed by atoms with Gasteiger partial charge in [0.1, 0.15) is 19.8 Å². The molecule has 0 heterocycles. The molecule has 0 rings (SSSR count). The van der Waals surface area contributed by atoms with Gasteiger partial charge >= 0.3 is 11.9 Å². The normalized spacial score (nSPS) is 15.1. The topological polar surface area (TPSA) is 131 Å². The van der Waals surface area contributed by atoms with Gasteiger partial charge in [0.2, 0.25) is 0 Å². The molecule has 356 valence electrons. The molecule has 3 atom stereocenters. The van der Waals surface area contributed by atoms with Crippen molar-refractivity contribution >= 4 is 19.8 Å². The second kappa shape index (κ2) is 42.3. The van der Waals surface area contributed by atoms with E-state index in [4.69, 9.17) is 18.5 Å². The molecule has 0 aliphatic carbocycles. The lowest BCUT2D eigenvalue weighted by molar-refractivity contribution is -0.870. The first-order chi connectivity index (χ1) is 30.4. The van der Waals surface area contributed by atoms with E-state index in [1.54, 1.807) is 12.2 Å². The van der Waals surface area contributed by atoms with Crippen LogP contribution in [0, 0.1) is 0 Å². The van der Waals surface area contributed by atoms with Crippen LogP contribution >= 0.6 is 7.82 Å².